The van der Waals surface area contributed by atoms with E-state index in [-0.39, 0.29) is 0 Å². The van der Waals surface area contributed by atoms with E-state index in [1.54, 1.807) is 6.33 Å². The van der Waals surface area contributed by atoms with Crippen molar-refractivity contribution in [2.45, 2.75) is 19.8 Å². The Hall–Kier alpha value is -2.14. The van der Waals surface area contributed by atoms with Gasteiger partial charge < -0.3 is 4.90 Å². The van der Waals surface area contributed by atoms with Crippen LogP contribution in [0.25, 0.3) is 16.7 Å². The monoisotopic (exact) mass is 313 g/mol. The summed E-state index contributed by atoms with van der Waals surface area (Å²) in [5, 5.41) is 6.26. The largest absolute Gasteiger partial charge is 0.356 e. The molecule has 0 spiro atoms. The van der Waals surface area contributed by atoms with Crippen LogP contribution in [0.2, 0.25) is 5.02 Å². The van der Waals surface area contributed by atoms with E-state index in [0.717, 1.165) is 46.2 Å². The first-order valence-electron chi connectivity index (χ1n) is 7.44. The summed E-state index contributed by atoms with van der Waals surface area (Å²) >= 11 is 6.05. The highest BCUT2D eigenvalue weighted by Crippen LogP contribution is 2.28. The topological polar surface area (TPSA) is 46.8 Å². The molecule has 0 atom stereocenters. The van der Waals surface area contributed by atoms with Gasteiger partial charge >= 0.3 is 0 Å². The molecule has 0 aliphatic carbocycles. The molecule has 0 saturated carbocycles. The van der Waals surface area contributed by atoms with Crippen molar-refractivity contribution in [3.05, 3.63) is 41.3 Å². The molecule has 1 saturated heterocycles. The number of rotatable bonds is 2. The van der Waals surface area contributed by atoms with Crippen LogP contribution < -0.4 is 4.90 Å². The van der Waals surface area contributed by atoms with Gasteiger partial charge in [-0.05, 0) is 43.5 Å². The predicted octanol–water partition coefficient (Wildman–Crippen LogP) is 3.38. The summed E-state index contributed by atoms with van der Waals surface area (Å²) in [4.78, 5) is 11.2. The Bertz CT molecular complexity index is 836. The maximum absolute atomic E-state index is 6.05. The lowest BCUT2D eigenvalue weighted by Crippen LogP contribution is -2.19. The summed E-state index contributed by atoms with van der Waals surface area (Å²) in [5.74, 6) is 0.986. The van der Waals surface area contributed by atoms with Crippen LogP contribution in [-0.2, 0) is 0 Å². The number of aromatic nitrogens is 4. The molecule has 112 valence electrons. The van der Waals surface area contributed by atoms with Crippen molar-refractivity contribution in [2.24, 2.45) is 0 Å². The lowest BCUT2D eigenvalue weighted by molar-refractivity contribution is 0.885. The van der Waals surface area contributed by atoms with Crippen molar-refractivity contribution in [3.63, 3.8) is 0 Å². The Morgan fingerprint density at radius 1 is 1.14 bits per heavy atom. The van der Waals surface area contributed by atoms with Crippen LogP contribution in [0.4, 0.5) is 5.82 Å². The number of halogens is 1. The van der Waals surface area contributed by atoms with Crippen LogP contribution in [0.1, 0.15) is 18.4 Å². The molecule has 3 aromatic rings. The SMILES string of the molecule is Cc1cc(Cl)ccc1-n1ncc2c(N3CCCC3)ncnc21. The third-order valence-electron chi connectivity index (χ3n) is 4.14. The fraction of sp³-hybridized carbons (Fsp3) is 0.312. The fourth-order valence-electron chi connectivity index (χ4n) is 3.05. The van der Waals surface area contributed by atoms with Gasteiger partial charge in [-0.2, -0.15) is 5.10 Å². The Labute approximate surface area is 133 Å². The minimum atomic E-state index is 0.727. The van der Waals surface area contributed by atoms with E-state index < -0.39 is 0 Å². The van der Waals surface area contributed by atoms with Gasteiger partial charge in [-0.3, -0.25) is 0 Å². The average molecular weight is 314 g/mol. The predicted molar refractivity (Wildman–Crippen MR) is 87.9 cm³/mol. The number of aryl methyl sites for hydroxylation is 1. The number of anilines is 1. The molecule has 1 aromatic carbocycles. The number of fused-ring (bicyclic) bond motifs is 1. The van der Waals surface area contributed by atoms with Gasteiger partial charge in [0.2, 0.25) is 0 Å². The van der Waals surface area contributed by atoms with Gasteiger partial charge in [0.15, 0.2) is 5.65 Å². The number of hydrogen-bond acceptors (Lipinski definition) is 4. The van der Waals surface area contributed by atoms with Crippen LogP contribution in [0.3, 0.4) is 0 Å². The highest BCUT2D eigenvalue weighted by molar-refractivity contribution is 6.30. The Kier molecular flexibility index (Phi) is 3.22. The molecule has 22 heavy (non-hydrogen) atoms. The summed E-state index contributed by atoms with van der Waals surface area (Å²) in [6, 6.07) is 5.79. The normalized spacial score (nSPS) is 14.9. The number of nitrogens with zero attached hydrogens (tertiary/aromatic N) is 5. The fourth-order valence-corrected chi connectivity index (χ4v) is 3.27. The smallest absolute Gasteiger partial charge is 0.168 e. The van der Waals surface area contributed by atoms with Gasteiger partial charge in [0, 0.05) is 18.1 Å². The molecule has 0 unspecified atom stereocenters. The van der Waals surface area contributed by atoms with Gasteiger partial charge in [-0.1, -0.05) is 11.6 Å². The molecule has 0 amide bonds. The molecule has 3 heterocycles. The number of hydrogen-bond donors (Lipinski definition) is 0. The van der Waals surface area contributed by atoms with E-state index in [4.69, 9.17) is 11.6 Å². The van der Waals surface area contributed by atoms with E-state index in [9.17, 15) is 0 Å². The quantitative estimate of drug-likeness (QED) is 0.727. The van der Waals surface area contributed by atoms with Crippen molar-refractivity contribution < 1.29 is 0 Å². The molecule has 6 heteroatoms. The van der Waals surface area contributed by atoms with Gasteiger partial charge in [-0.25, -0.2) is 14.6 Å². The first-order valence-corrected chi connectivity index (χ1v) is 7.82. The minimum Gasteiger partial charge on any atom is -0.356 e. The average Bonchev–Trinajstić information content (AvgIpc) is 3.16. The second-order valence-corrected chi connectivity index (χ2v) is 6.05. The molecule has 0 bridgehead atoms. The van der Waals surface area contributed by atoms with Crippen molar-refractivity contribution in [1.82, 2.24) is 19.7 Å². The Balaban J connectivity index is 1.88. The summed E-state index contributed by atoms with van der Waals surface area (Å²) in [6.07, 6.45) is 5.92. The zero-order valence-electron chi connectivity index (χ0n) is 12.3. The van der Waals surface area contributed by atoms with E-state index in [1.807, 2.05) is 36.0 Å². The first kappa shape index (κ1) is 13.5. The molecule has 4 rings (SSSR count). The van der Waals surface area contributed by atoms with E-state index in [0.29, 0.717) is 0 Å². The van der Waals surface area contributed by atoms with Crippen molar-refractivity contribution in [3.8, 4) is 5.69 Å². The second-order valence-electron chi connectivity index (χ2n) is 5.62. The Morgan fingerprint density at radius 3 is 2.73 bits per heavy atom. The Morgan fingerprint density at radius 2 is 1.95 bits per heavy atom. The lowest BCUT2D eigenvalue weighted by Gasteiger charge is -2.16. The summed E-state index contributed by atoms with van der Waals surface area (Å²) < 4.78 is 1.86. The maximum Gasteiger partial charge on any atom is 0.168 e. The summed E-state index contributed by atoms with van der Waals surface area (Å²) in [6.45, 7) is 4.13. The van der Waals surface area contributed by atoms with Crippen molar-refractivity contribution in [1.29, 1.82) is 0 Å². The van der Waals surface area contributed by atoms with Gasteiger partial charge in [0.05, 0.1) is 17.3 Å². The molecular weight excluding hydrogens is 298 g/mol. The molecule has 1 aliphatic rings. The third kappa shape index (κ3) is 2.13. The lowest BCUT2D eigenvalue weighted by atomic mass is 10.2. The molecule has 2 aromatic heterocycles. The molecule has 5 nitrogen and oxygen atoms in total. The summed E-state index contributed by atoms with van der Waals surface area (Å²) in [7, 11) is 0. The van der Waals surface area contributed by atoms with Crippen LogP contribution in [0.5, 0.6) is 0 Å². The van der Waals surface area contributed by atoms with Crippen LogP contribution in [-0.4, -0.2) is 32.8 Å². The maximum atomic E-state index is 6.05. The first-order chi connectivity index (χ1) is 10.7. The highest BCUT2D eigenvalue weighted by atomic mass is 35.5. The zero-order valence-corrected chi connectivity index (χ0v) is 13.1. The van der Waals surface area contributed by atoms with E-state index >= 15 is 0 Å². The molecule has 1 fully saturated rings. The summed E-state index contributed by atoms with van der Waals surface area (Å²) in [5.41, 5.74) is 2.90. The van der Waals surface area contributed by atoms with Gasteiger partial charge in [0.1, 0.15) is 12.1 Å². The van der Waals surface area contributed by atoms with E-state index in [2.05, 4.69) is 20.0 Å². The number of benzene rings is 1. The van der Waals surface area contributed by atoms with E-state index in [1.165, 1.54) is 12.8 Å². The molecular formula is C16H16ClN5. The molecule has 0 N–H and O–H groups in total. The standard InChI is InChI=1S/C16H16ClN5/c1-11-8-12(17)4-5-14(11)22-16-13(9-20-22)15(18-10-19-16)21-6-2-3-7-21/h4-5,8-10H,2-3,6-7H2,1H3. The minimum absolute atomic E-state index is 0.727. The second kappa shape index (κ2) is 5.25. The van der Waals surface area contributed by atoms with Gasteiger partial charge in [-0.15, -0.1) is 0 Å². The van der Waals surface area contributed by atoms with Gasteiger partial charge in [0.25, 0.3) is 0 Å². The highest BCUT2D eigenvalue weighted by Gasteiger charge is 2.19. The van der Waals surface area contributed by atoms with Crippen molar-refractivity contribution >= 4 is 28.5 Å². The van der Waals surface area contributed by atoms with Crippen LogP contribution in [0, 0.1) is 6.92 Å². The van der Waals surface area contributed by atoms with Crippen LogP contribution >= 0.6 is 11.6 Å². The van der Waals surface area contributed by atoms with Crippen LogP contribution in [0.15, 0.2) is 30.7 Å². The van der Waals surface area contributed by atoms with Crippen molar-refractivity contribution in [2.75, 3.05) is 18.0 Å². The molecule has 0 radical (unpaired) electrons. The third-order valence-corrected chi connectivity index (χ3v) is 4.37. The zero-order chi connectivity index (χ0) is 15.1. The molecule has 1 aliphatic heterocycles.